The van der Waals surface area contributed by atoms with Crippen LogP contribution in [0.15, 0.2) is 0 Å². The minimum atomic E-state index is 0. The van der Waals surface area contributed by atoms with Crippen molar-refractivity contribution < 1.29 is 0 Å². The van der Waals surface area contributed by atoms with E-state index in [0.29, 0.717) is 0 Å². The van der Waals surface area contributed by atoms with Crippen molar-refractivity contribution in [3.05, 3.63) is 0 Å². The van der Waals surface area contributed by atoms with Gasteiger partial charge in [-0.3, -0.25) is 0 Å². The minimum absolute atomic E-state index is 0. The van der Waals surface area contributed by atoms with Gasteiger partial charge >= 0.3 is 0 Å². The predicted octanol–water partition coefficient (Wildman–Crippen LogP) is 3.80. The Bertz CT molecular complexity index is 172. The summed E-state index contributed by atoms with van der Waals surface area (Å²) in [7, 11) is 0. The van der Waals surface area contributed by atoms with Crippen LogP contribution < -0.4 is 0 Å². The molecule has 0 spiro atoms. The van der Waals surface area contributed by atoms with Gasteiger partial charge in [-0.1, -0.05) is 47.0 Å². The fourth-order valence-electron chi connectivity index (χ4n) is 2.79. The molecule has 17 heavy (non-hydrogen) atoms. The second-order valence-corrected chi connectivity index (χ2v) is 6.46. The van der Waals surface area contributed by atoms with E-state index >= 15 is 0 Å². The van der Waals surface area contributed by atoms with Gasteiger partial charge in [-0.15, -0.1) is 0 Å². The van der Waals surface area contributed by atoms with Crippen molar-refractivity contribution in [1.82, 2.24) is 4.90 Å². The monoisotopic (exact) mass is 340 g/mol. The third kappa shape index (κ3) is 8.53. The third-order valence-electron chi connectivity index (χ3n) is 3.72. The molecule has 0 aromatic heterocycles. The number of hydrogen-bond donors (Lipinski definition) is 0. The Hall–Kier alpha value is 0.830. The van der Waals surface area contributed by atoms with Gasteiger partial charge in [-0.25, -0.2) is 0 Å². The van der Waals surface area contributed by atoms with Gasteiger partial charge in [0.25, 0.3) is 0 Å². The maximum Gasteiger partial charge on any atom is 0.000439 e. The third-order valence-corrected chi connectivity index (χ3v) is 3.72. The first-order valence-corrected chi connectivity index (χ1v) is 7.30. The minimum Gasteiger partial charge on any atom is -0.303 e. The summed E-state index contributed by atoms with van der Waals surface area (Å²) in [6.07, 6.45) is 7.25. The molecule has 1 nitrogen and oxygen atoms in total. The van der Waals surface area contributed by atoms with E-state index in [1.807, 2.05) is 0 Å². The maximum atomic E-state index is 2.66. The van der Waals surface area contributed by atoms with Crippen molar-refractivity contribution in [3.63, 3.8) is 0 Å². The van der Waals surface area contributed by atoms with Crippen molar-refractivity contribution in [2.45, 2.75) is 59.8 Å². The van der Waals surface area contributed by atoms with Crippen LogP contribution in [-0.4, -0.2) is 50.4 Å². The molecule has 1 rings (SSSR count). The average molecular weight is 340 g/mol. The molecule has 0 amide bonds. The molecular formula is C15H31InN. The second-order valence-electron chi connectivity index (χ2n) is 6.46. The summed E-state index contributed by atoms with van der Waals surface area (Å²) in [5.74, 6) is 2.75. The van der Waals surface area contributed by atoms with Crippen LogP contribution in [0.25, 0.3) is 0 Å². The van der Waals surface area contributed by atoms with Crippen LogP contribution in [-0.2, 0) is 0 Å². The zero-order chi connectivity index (χ0) is 12.0. The zero-order valence-electron chi connectivity index (χ0n) is 12.4. The Kier molecular flexibility index (Phi) is 10.2. The zero-order valence-corrected chi connectivity index (χ0v) is 15.7. The molecule has 0 bridgehead atoms. The maximum absolute atomic E-state index is 2.66. The van der Waals surface area contributed by atoms with Gasteiger partial charge in [-0.2, -0.15) is 0 Å². The smallest absolute Gasteiger partial charge is 0.000439 e. The van der Waals surface area contributed by atoms with Crippen molar-refractivity contribution in [2.24, 2.45) is 17.8 Å². The van der Waals surface area contributed by atoms with Crippen LogP contribution in [0.4, 0.5) is 0 Å². The van der Waals surface area contributed by atoms with E-state index in [2.05, 4.69) is 32.6 Å². The van der Waals surface area contributed by atoms with Gasteiger partial charge in [0.1, 0.15) is 0 Å². The van der Waals surface area contributed by atoms with Crippen LogP contribution in [0.2, 0.25) is 0 Å². The van der Waals surface area contributed by atoms with Gasteiger partial charge in [0.05, 0.1) is 0 Å². The molecule has 1 aliphatic rings. The standard InChI is InChI=1S/C15H31N.In/c1-13(2)6-5-7-15-8-10-16(11-9-15)12-14(3)4;/h13-15H,5-12H2,1-4H3;. The molecule has 0 aromatic rings. The van der Waals surface area contributed by atoms with E-state index in [9.17, 15) is 0 Å². The van der Waals surface area contributed by atoms with Crippen LogP contribution in [0.3, 0.4) is 0 Å². The largest absolute Gasteiger partial charge is 0.303 e. The predicted molar refractivity (Wildman–Crippen MR) is 78.4 cm³/mol. The molecule has 1 saturated heterocycles. The van der Waals surface area contributed by atoms with Crippen LogP contribution in [0, 0.1) is 17.8 Å². The summed E-state index contributed by atoms with van der Waals surface area (Å²) in [5.41, 5.74) is 0. The van der Waals surface area contributed by atoms with Crippen LogP contribution in [0.1, 0.15) is 59.8 Å². The summed E-state index contributed by atoms with van der Waals surface area (Å²) in [4.78, 5) is 2.66. The van der Waals surface area contributed by atoms with E-state index in [4.69, 9.17) is 0 Å². The Morgan fingerprint density at radius 2 is 1.59 bits per heavy atom. The summed E-state index contributed by atoms with van der Waals surface area (Å²) < 4.78 is 0. The Morgan fingerprint density at radius 1 is 1.00 bits per heavy atom. The second kappa shape index (κ2) is 9.72. The quantitative estimate of drug-likeness (QED) is 0.711. The van der Waals surface area contributed by atoms with Gasteiger partial charge in [-0.05, 0) is 43.7 Å². The first-order valence-electron chi connectivity index (χ1n) is 7.30. The van der Waals surface area contributed by atoms with Crippen molar-refractivity contribution >= 4 is 25.8 Å². The van der Waals surface area contributed by atoms with E-state index in [0.717, 1.165) is 17.8 Å². The Balaban J connectivity index is 0.00000256. The number of nitrogens with zero attached hydrogens (tertiary/aromatic N) is 1. The van der Waals surface area contributed by atoms with Gasteiger partial charge in [0, 0.05) is 32.4 Å². The molecule has 2 heteroatoms. The molecule has 0 atom stereocenters. The van der Waals surface area contributed by atoms with Crippen LogP contribution >= 0.6 is 0 Å². The fraction of sp³-hybridized carbons (Fsp3) is 1.00. The molecule has 1 fully saturated rings. The SMILES string of the molecule is CC(C)CCCC1CCN(CC(C)C)CC1.[In]. The first-order chi connectivity index (χ1) is 7.58. The van der Waals surface area contributed by atoms with Gasteiger partial charge in [0.15, 0.2) is 0 Å². The van der Waals surface area contributed by atoms with Gasteiger partial charge < -0.3 is 4.90 Å². The molecule has 3 radical (unpaired) electrons. The number of likely N-dealkylation sites (tertiary alicyclic amines) is 1. The molecule has 0 aliphatic carbocycles. The summed E-state index contributed by atoms with van der Waals surface area (Å²) in [6.45, 7) is 13.3. The van der Waals surface area contributed by atoms with E-state index < -0.39 is 0 Å². The van der Waals surface area contributed by atoms with Crippen molar-refractivity contribution in [3.8, 4) is 0 Å². The topological polar surface area (TPSA) is 3.24 Å². The van der Waals surface area contributed by atoms with Crippen LogP contribution in [0.5, 0.6) is 0 Å². The van der Waals surface area contributed by atoms with E-state index in [1.165, 1.54) is 51.7 Å². The Labute approximate surface area is 128 Å². The average Bonchev–Trinajstić information content (AvgIpc) is 2.19. The fourth-order valence-corrected chi connectivity index (χ4v) is 2.79. The molecular weight excluding hydrogens is 309 g/mol. The van der Waals surface area contributed by atoms with Crippen molar-refractivity contribution in [2.75, 3.05) is 19.6 Å². The number of rotatable bonds is 6. The normalized spacial score (nSPS) is 18.7. The Morgan fingerprint density at radius 3 is 2.06 bits per heavy atom. The summed E-state index contributed by atoms with van der Waals surface area (Å²) in [6, 6.07) is 0. The summed E-state index contributed by atoms with van der Waals surface area (Å²) in [5, 5.41) is 0. The molecule has 0 unspecified atom stereocenters. The van der Waals surface area contributed by atoms with Gasteiger partial charge in [0.2, 0.25) is 0 Å². The summed E-state index contributed by atoms with van der Waals surface area (Å²) >= 11 is 0. The first kappa shape index (κ1) is 17.8. The molecule has 1 heterocycles. The molecule has 0 N–H and O–H groups in total. The molecule has 99 valence electrons. The van der Waals surface area contributed by atoms with Crippen molar-refractivity contribution in [1.29, 1.82) is 0 Å². The van der Waals surface area contributed by atoms with E-state index in [-0.39, 0.29) is 25.8 Å². The number of piperidine rings is 1. The molecule has 0 saturated carbocycles. The van der Waals surface area contributed by atoms with E-state index in [1.54, 1.807) is 0 Å². The number of hydrogen-bond acceptors (Lipinski definition) is 1. The molecule has 0 aromatic carbocycles. The molecule has 1 aliphatic heterocycles.